The van der Waals surface area contributed by atoms with Gasteiger partial charge in [0.05, 0.1) is 6.61 Å². The summed E-state index contributed by atoms with van der Waals surface area (Å²) in [5, 5.41) is 0. The van der Waals surface area contributed by atoms with Gasteiger partial charge in [-0.3, -0.25) is 0 Å². The molecule has 0 saturated carbocycles. The van der Waals surface area contributed by atoms with E-state index in [1.54, 1.807) is 6.08 Å². The fourth-order valence-electron chi connectivity index (χ4n) is 1.37. The van der Waals surface area contributed by atoms with Crippen LogP contribution >= 0.6 is 0 Å². The quantitative estimate of drug-likeness (QED) is 0.644. The molecule has 1 aromatic carbocycles. The van der Waals surface area contributed by atoms with Crippen molar-refractivity contribution in [2.24, 2.45) is 0 Å². The third-order valence-corrected chi connectivity index (χ3v) is 2.18. The van der Waals surface area contributed by atoms with E-state index in [4.69, 9.17) is 4.74 Å². The summed E-state index contributed by atoms with van der Waals surface area (Å²) in [5.41, 5.74) is 2.19. The van der Waals surface area contributed by atoms with Gasteiger partial charge in [0, 0.05) is 0 Å². The van der Waals surface area contributed by atoms with Crippen molar-refractivity contribution in [2.75, 3.05) is 6.61 Å². The standard InChI is InChI=1S/C15H18O/c1-4-7-13(6-3)14-8-10-15(11-9-14)16-12-5-2/h4,6-11H,1,3,5,12H2,2H3/b13-7+. The maximum absolute atomic E-state index is 5.52. The molecule has 1 heteroatoms. The van der Waals surface area contributed by atoms with E-state index in [0.717, 1.165) is 29.9 Å². The van der Waals surface area contributed by atoms with Gasteiger partial charge in [-0.25, -0.2) is 0 Å². The first-order chi connectivity index (χ1) is 7.81. The lowest BCUT2D eigenvalue weighted by molar-refractivity contribution is 0.317. The second-order valence-corrected chi connectivity index (χ2v) is 3.43. The van der Waals surface area contributed by atoms with Crippen LogP contribution in [0.2, 0.25) is 0 Å². The first-order valence-electron chi connectivity index (χ1n) is 5.50. The third-order valence-electron chi connectivity index (χ3n) is 2.18. The van der Waals surface area contributed by atoms with Crippen molar-refractivity contribution in [1.82, 2.24) is 0 Å². The number of ether oxygens (including phenoxy) is 1. The maximum atomic E-state index is 5.52. The van der Waals surface area contributed by atoms with Crippen LogP contribution in [0.15, 0.2) is 55.7 Å². The van der Waals surface area contributed by atoms with Crippen molar-refractivity contribution >= 4 is 5.57 Å². The predicted molar refractivity (Wildman–Crippen MR) is 70.6 cm³/mol. The van der Waals surface area contributed by atoms with E-state index in [1.807, 2.05) is 36.4 Å². The van der Waals surface area contributed by atoms with Crippen LogP contribution in [-0.4, -0.2) is 6.61 Å². The fourth-order valence-corrected chi connectivity index (χ4v) is 1.37. The molecule has 0 unspecified atom stereocenters. The van der Waals surface area contributed by atoms with E-state index in [-0.39, 0.29) is 0 Å². The van der Waals surface area contributed by atoms with Crippen LogP contribution in [0.4, 0.5) is 0 Å². The Morgan fingerprint density at radius 2 is 1.94 bits per heavy atom. The van der Waals surface area contributed by atoms with E-state index in [2.05, 4.69) is 20.1 Å². The predicted octanol–water partition coefficient (Wildman–Crippen LogP) is 4.23. The second kappa shape index (κ2) is 6.67. The van der Waals surface area contributed by atoms with Crippen LogP contribution in [0.25, 0.3) is 5.57 Å². The highest BCUT2D eigenvalue weighted by atomic mass is 16.5. The zero-order valence-corrected chi connectivity index (χ0v) is 9.78. The maximum Gasteiger partial charge on any atom is 0.119 e. The number of hydrogen-bond donors (Lipinski definition) is 0. The van der Waals surface area contributed by atoms with Crippen LogP contribution in [0.5, 0.6) is 5.75 Å². The molecule has 0 aliphatic rings. The van der Waals surface area contributed by atoms with E-state index in [0.29, 0.717) is 0 Å². The number of allylic oxidation sites excluding steroid dienone is 4. The van der Waals surface area contributed by atoms with Gasteiger partial charge in [0.1, 0.15) is 5.75 Å². The summed E-state index contributed by atoms with van der Waals surface area (Å²) in [6.45, 7) is 10.3. The number of benzene rings is 1. The molecule has 0 saturated heterocycles. The summed E-state index contributed by atoms with van der Waals surface area (Å²) >= 11 is 0. The fraction of sp³-hybridized carbons (Fsp3) is 0.200. The van der Waals surface area contributed by atoms with Crippen molar-refractivity contribution in [3.8, 4) is 5.75 Å². The normalized spacial score (nSPS) is 10.9. The van der Waals surface area contributed by atoms with Gasteiger partial charge in [-0.1, -0.05) is 50.4 Å². The topological polar surface area (TPSA) is 9.23 Å². The molecule has 0 N–H and O–H groups in total. The Morgan fingerprint density at radius 1 is 1.25 bits per heavy atom. The van der Waals surface area contributed by atoms with E-state index in [9.17, 15) is 0 Å². The lowest BCUT2D eigenvalue weighted by atomic mass is 10.1. The summed E-state index contributed by atoms with van der Waals surface area (Å²) in [7, 11) is 0. The molecule has 0 radical (unpaired) electrons. The van der Waals surface area contributed by atoms with E-state index >= 15 is 0 Å². The monoisotopic (exact) mass is 214 g/mol. The van der Waals surface area contributed by atoms with Crippen molar-refractivity contribution < 1.29 is 4.74 Å². The average Bonchev–Trinajstić information content (AvgIpc) is 2.34. The first kappa shape index (κ1) is 12.3. The Morgan fingerprint density at radius 3 is 2.44 bits per heavy atom. The molecule has 0 aliphatic carbocycles. The molecule has 84 valence electrons. The molecule has 0 atom stereocenters. The highest BCUT2D eigenvalue weighted by Crippen LogP contribution is 2.19. The minimum absolute atomic E-state index is 0.760. The van der Waals surface area contributed by atoms with Crippen molar-refractivity contribution in [1.29, 1.82) is 0 Å². The van der Waals surface area contributed by atoms with Gasteiger partial charge in [0.25, 0.3) is 0 Å². The van der Waals surface area contributed by atoms with Crippen molar-refractivity contribution in [3.05, 3.63) is 61.2 Å². The van der Waals surface area contributed by atoms with Gasteiger partial charge in [0.15, 0.2) is 0 Å². The van der Waals surface area contributed by atoms with Crippen LogP contribution < -0.4 is 4.74 Å². The highest BCUT2D eigenvalue weighted by molar-refractivity contribution is 5.74. The smallest absolute Gasteiger partial charge is 0.119 e. The molecule has 0 aromatic heterocycles. The molecular weight excluding hydrogens is 196 g/mol. The SMILES string of the molecule is C=C/C=C(\C=C)c1ccc(OCCC)cc1. The lowest BCUT2D eigenvalue weighted by Gasteiger charge is -2.06. The second-order valence-electron chi connectivity index (χ2n) is 3.43. The van der Waals surface area contributed by atoms with Crippen LogP contribution in [0.1, 0.15) is 18.9 Å². The van der Waals surface area contributed by atoms with Gasteiger partial charge in [-0.15, -0.1) is 0 Å². The first-order valence-corrected chi connectivity index (χ1v) is 5.50. The average molecular weight is 214 g/mol. The van der Waals surface area contributed by atoms with E-state index < -0.39 is 0 Å². The van der Waals surface area contributed by atoms with Gasteiger partial charge >= 0.3 is 0 Å². The van der Waals surface area contributed by atoms with Crippen molar-refractivity contribution in [2.45, 2.75) is 13.3 Å². The summed E-state index contributed by atoms with van der Waals surface area (Å²) in [5.74, 6) is 0.910. The summed E-state index contributed by atoms with van der Waals surface area (Å²) in [6, 6.07) is 8.01. The molecule has 0 amide bonds. The Kier molecular flexibility index (Phi) is 5.13. The van der Waals surface area contributed by atoms with Crippen LogP contribution in [-0.2, 0) is 0 Å². The zero-order valence-electron chi connectivity index (χ0n) is 9.78. The Labute approximate surface area is 97.8 Å². The van der Waals surface area contributed by atoms with Gasteiger partial charge < -0.3 is 4.74 Å². The molecular formula is C15H18O. The minimum atomic E-state index is 0.760. The zero-order chi connectivity index (χ0) is 11.8. The lowest BCUT2D eigenvalue weighted by Crippen LogP contribution is -1.94. The Hall–Kier alpha value is -1.76. The molecule has 1 aromatic rings. The summed E-state index contributed by atoms with van der Waals surface area (Å²) in [4.78, 5) is 0. The molecule has 1 nitrogen and oxygen atoms in total. The third kappa shape index (κ3) is 3.43. The Balaban J connectivity index is 2.81. The minimum Gasteiger partial charge on any atom is -0.494 e. The highest BCUT2D eigenvalue weighted by Gasteiger charge is 1.97. The molecule has 0 fully saturated rings. The van der Waals surface area contributed by atoms with Crippen molar-refractivity contribution in [3.63, 3.8) is 0 Å². The van der Waals surface area contributed by atoms with Crippen LogP contribution in [0.3, 0.4) is 0 Å². The largest absolute Gasteiger partial charge is 0.494 e. The molecule has 16 heavy (non-hydrogen) atoms. The van der Waals surface area contributed by atoms with Gasteiger partial charge in [0.2, 0.25) is 0 Å². The van der Waals surface area contributed by atoms with Gasteiger partial charge in [-0.2, -0.15) is 0 Å². The Bertz CT molecular complexity index is 371. The molecule has 1 rings (SSSR count). The molecule has 0 spiro atoms. The molecule has 0 heterocycles. The van der Waals surface area contributed by atoms with E-state index in [1.165, 1.54) is 0 Å². The number of rotatable bonds is 6. The number of hydrogen-bond acceptors (Lipinski definition) is 1. The molecule has 0 bridgehead atoms. The summed E-state index contributed by atoms with van der Waals surface area (Å²) < 4.78 is 5.52. The van der Waals surface area contributed by atoms with Crippen LogP contribution in [0, 0.1) is 0 Å². The summed E-state index contributed by atoms with van der Waals surface area (Å²) in [6.07, 6.45) is 6.55. The molecule has 0 aliphatic heterocycles. The van der Waals surface area contributed by atoms with Gasteiger partial charge in [-0.05, 0) is 29.7 Å².